The SMILES string of the molecule is C=C(SCCS(=O)(=O)[O-])c1cc(C(C)(C)c2ccc(Oc3ccc(S(=O)(=O)c4ccc(OC)cc4)cc3)c(CSCCCS(=O)(=O)[O-])c2)ccc1C.[Na+].[Na+]. The summed E-state index contributed by atoms with van der Waals surface area (Å²) in [5.41, 5.74) is 3.99. The minimum Gasteiger partial charge on any atom is -0.748 e. The molecule has 17 heteroatoms. The molecule has 0 radical (unpaired) electrons. The van der Waals surface area contributed by atoms with Crippen LogP contribution in [0.5, 0.6) is 17.2 Å². The molecule has 4 rings (SSSR count). The maximum absolute atomic E-state index is 13.2. The Morgan fingerprint density at radius 2 is 1.28 bits per heavy atom. The summed E-state index contributed by atoms with van der Waals surface area (Å²) in [5, 5.41) is 0. The molecule has 0 saturated carbocycles. The van der Waals surface area contributed by atoms with Gasteiger partial charge in [-0.2, -0.15) is 11.8 Å². The fourth-order valence-electron chi connectivity index (χ4n) is 5.23. The number of rotatable bonds is 18. The third-order valence-corrected chi connectivity index (χ3v) is 13.9. The first-order valence-corrected chi connectivity index (χ1v) is 22.8. The Balaban J connectivity index is 0.00000504. The predicted octanol–water partition coefficient (Wildman–Crippen LogP) is 1.38. The quantitative estimate of drug-likeness (QED) is 0.0804. The number of hydrogen-bond acceptors (Lipinski definition) is 12. The second kappa shape index (κ2) is 20.9. The number of aryl methyl sites for hydroxylation is 1. The molecule has 0 aliphatic heterocycles. The van der Waals surface area contributed by atoms with Crippen LogP contribution < -0.4 is 68.6 Å². The van der Waals surface area contributed by atoms with E-state index in [0.29, 0.717) is 33.7 Å². The third-order valence-electron chi connectivity index (χ3n) is 8.32. The topological polar surface area (TPSA) is 167 Å². The zero-order valence-corrected chi connectivity index (χ0v) is 39.2. The van der Waals surface area contributed by atoms with E-state index in [4.69, 9.17) is 9.47 Å². The summed E-state index contributed by atoms with van der Waals surface area (Å²) >= 11 is 2.68. The Morgan fingerprint density at radius 3 is 1.83 bits per heavy atom. The van der Waals surface area contributed by atoms with E-state index < -0.39 is 47.0 Å². The van der Waals surface area contributed by atoms with Crippen molar-refractivity contribution in [2.24, 2.45) is 0 Å². The van der Waals surface area contributed by atoms with Crippen LogP contribution in [0.3, 0.4) is 0 Å². The standard InChI is InChI=1S/C37H42O10S5.2Na/c1-26-7-8-30(24-35(26)27(2)49-20-22-51(41,42)43)37(3,4)29-9-18-36(28(23-29)25-48-19-6-21-50(38,39)40)47-32-12-16-34(17-13-32)52(44,45)33-14-10-31(46-5)11-15-33;;/h7-18,23-24H,2,6,19-22,25H2,1,3-5H3,(H,38,39,40)(H,41,42,43);;/q;2*+1/p-2. The summed E-state index contributed by atoms with van der Waals surface area (Å²) in [6.07, 6.45) is 0.205. The molecule has 0 saturated heterocycles. The number of sulfone groups is 1. The van der Waals surface area contributed by atoms with Gasteiger partial charge >= 0.3 is 59.1 Å². The molecule has 0 fully saturated rings. The Bertz CT molecular complexity index is 2230. The molecule has 0 N–H and O–H groups in total. The zero-order chi connectivity index (χ0) is 38.3. The maximum Gasteiger partial charge on any atom is 1.00 e. The molecule has 0 aliphatic rings. The van der Waals surface area contributed by atoms with Gasteiger partial charge in [0, 0.05) is 38.9 Å². The first kappa shape index (κ1) is 48.8. The first-order chi connectivity index (χ1) is 24.3. The van der Waals surface area contributed by atoms with Gasteiger partial charge in [-0.1, -0.05) is 44.7 Å². The van der Waals surface area contributed by atoms with Gasteiger partial charge in [0.2, 0.25) is 9.84 Å². The molecule has 0 spiro atoms. The van der Waals surface area contributed by atoms with Crippen LogP contribution in [0.2, 0.25) is 0 Å². The normalized spacial score (nSPS) is 12.0. The van der Waals surface area contributed by atoms with Crippen molar-refractivity contribution in [3.05, 3.63) is 119 Å². The van der Waals surface area contributed by atoms with Crippen molar-refractivity contribution >= 4 is 58.5 Å². The maximum atomic E-state index is 13.2. The molecular formula is C37H40Na2O10S5. The molecular weight excluding hydrogens is 811 g/mol. The van der Waals surface area contributed by atoms with Crippen LogP contribution in [-0.4, -0.2) is 64.5 Å². The zero-order valence-electron chi connectivity index (χ0n) is 31.2. The molecule has 54 heavy (non-hydrogen) atoms. The van der Waals surface area contributed by atoms with Gasteiger partial charge in [0.1, 0.15) is 17.2 Å². The third kappa shape index (κ3) is 14.0. The Morgan fingerprint density at radius 1 is 0.741 bits per heavy atom. The van der Waals surface area contributed by atoms with Crippen LogP contribution in [0.15, 0.2) is 101 Å². The summed E-state index contributed by atoms with van der Waals surface area (Å²) in [5.74, 6) is 1.51. The van der Waals surface area contributed by atoms with E-state index in [1.165, 1.54) is 54.9 Å². The van der Waals surface area contributed by atoms with Crippen molar-refractivity contribution in [1.29, 1.82) is 0 Å². The van der Waals surface area contributed by atoms with Gasteiger partial charge in [-0.05, 0) is 102 Å². The van der Waals surface area contributed by atoms with Gasteiger partial charge in [0.15, 0.2) is 0 Å². The van der Waals surface area contributed by atoms with Gasteiger partial charge in [0.25, 0.3) is 0 Å². The molecule has 0 atom stereocenters. The summed E-state index contributed by atoms with van der Waals surface area (Å²) in [4.78, 5) is 0.880. The van der Waals surface area contributed by atoms with E-state index in [1.54, 1.807) is 24.3 Å². The summed E-state index contributed by atoms with van der Waals surface area (Å²) in [6.45, 7) is 10.2. The number of benzene rings is 4. The Kier molecular flexibility index (Phi) is 18.9. The molecule has 0 heterocycles. The number of methoxy groups -OCH3 is 1. The molecule has 280 valence electrons. The summed E-state index contributed by atoms with van der Waals surface area (Å²) in [7, 11) is -10.9. The van der Waals surface area contributed by atoms with Crippen LogP contribution in [-0.2, 0) is 41.2 Å². The van der Waals surface area contributed by atoms with E-state index in [1.807, 2.05) is 43.3 Å². The van der Waals surface area contributed by atoms with E-state index >= 15 is 0 Å². The van der Waals surface area contributed by atoms with Crippen molar-refractivity contribution < 1.29 is 103 Å². The smallest absolute Gasteiger partial charge is 0.748 e. The number of ether oxygens (including phenoxy) is 2. The molecule has 4 aromatic carbocycles. The largest absolute Gasteiger partial charge is 1.00 e. The van der Waals surface area contributed by atoms with E-state index in [2.05, 4.69) is 20.4 Å². The molecule has 0 bridgehead atoms. The van der Waals surface area contributed by atoms with Crippen LogP contribution in [0.25, 0.3) is 4.91 Å². The van der Waals surface area contributed by atoms with Crippen LogP contribution in [0.1, 0.15) is 48.1 Å². The average Bonchev–Trinajstić information content (AvgIpc) is 3.08. The average molecular weight is 851 g/mol. The van der Waals surface area contributed by atoms with Crippen LogP contribution in [0, 0.1) is 6.92 Å². The van der Waals surface area contributed by atoms with Crippen molar-refractivity contribution in [2.45, 2.75) is 48.2 Å². The van der Waals surface area contributed by atoms with Gasteiger partial charge < -0.3 is 18.6 Å². The summed E-state index contributed by atoms with van der Waals surface area (Å²) in [6, 6.07) is 24.0. The van der Waals surface area contributed by atoms with Gasteiger partial charge in [-0.25, -0.2) is 25.3 Å². The molecule has 4 aromatic rings. The molecule has 10 nitrogen and oxygen atoms in total. The Hall–Kier alpha value is -1.31. The monoisotopic (exact) mass is 850 g/mol. The van der Waals surface area contributed by atoms with Crippen LogP contribution >= 0.6 is 23.5 Å². The minimum atomic E-state index is -4.34. The second-order valence-corrected chi connectivity index (χ2v) is 19.7. The number of thioether (sulfide) groups is 2. The van der Waals surface area contributed by atoms with Crippen molar-refractivity contribution in [2.75, 3.05) is 30.1 Å². The first-order valence-electron chi connectivity index (χ1n) is 16.0. The molecule has 0 amide bonds. The minimum absolute atomic E-state index is 0. The second-order valence-electron chi connectivity index (χ2n) is 12.4. The predicted molar refractivity (Wildman–Crippen MR) is 206 cm³/mol. The van der Waals surface area contributed by atoms with E-state index in [0.717, 1.165) is 27.8 Å². The Labute approximate surface area is 372 Å². The van der Waals surface area contributed by atoms with Crippen molar-refractivity contribution in [3.8, 4) is 17.2 Å². The fourth-order valence-corrected chi connectivity index (χ4v) is 9.88. The summed E-state index contributed by atoms with van der Waals surface area (Å²) < 4.78 is 104. The van der Waals surface area contributed by atoms with Crippen molar-refractivity contribution in [1.82, 2.24) is 0 Å². The van der Waals surface area contributed by atoms with E-state index in [9.17, 15) is 34.4 Å². The van der Waals surface area contributed by atoms with Gasteiger partial charge in [-0.3, -0.25) is 0 Å². The molecule has 0 aliphatic carbocycles. The van der Waals surface area contributed by atoms with Crippen molar-refractivity contribution in [3.63, 3.8) is 0 Å². The number of hydrogen-bond donors (Lipinski definition) is 0. The van der Waals surface area contributed by atoms with Crippen LogP contribution in [0.4, 0.5) is 0 Å². The molecule has 0 aromatic heterocycles. The van der Waals surface area contributed by atoms with Gasteiger partial charge in [-0.15, -0.1) is 11.8 Å². The van der Waals surface area contributed by atoms with E-state index in [-0.39, 0.29) is 81.1 Å². The van der Waals surface area contributed by atoms with Gasteiger partial charge in [0.05, 0.1) is 37.1 Å². The molecule has 0 unspecified atom stereocenters. The fraction of sp³-hybridized carbons (Fsp3) is 0.297.